The summed E-state index contributed by atoms with van der Waals surface area (Å²) in [7, 11) is 0. The van der Waals surface area contributed by atoms with Gasteiger partial charge >= 0.3 is 5.97 Å². The predicted octanol–water partition coefficient (Wildman–Crippen LogP) is 2.32. The minimum Gasteiger partial charge on any atom is -0.462 e. The van der Waals surface area contributed by atoms with Crippen molar-refractivity contribution >= 4 is 27.8 Å². The van der Waals surface area contributed by atoms with E-state index in [1.807, 2.05) is 6.92 Å². The zero-order chi connectivity index (χ0) is 21.4. The molecular formula is C21H21N5O4. The van der Waals surface area contributed by atoms with Gasteiger partial charge in [0.25, 0.3) is 11.1 Å². The van der Waals surface area contributed by atoms with Gasteiger partial charge in [-0.05, 0) is 38.5 Å². The Morgan fingerprint density at radius 1 is 1.10 bits per heavy atom. The van der Waals surface area contributed by atoms with Crippen LogP contribution in [0.3, 0.4) is 0 Å². The van der Waals surface area contributed by atoms with Gasteiger partial charge in [0.05, 0.1) is 28.4 Å². The molecule has 0 aliphatic carbocycles. The molecule has 154 valence electrons. The van der Waals surface area contributed by atoms with E-state index in [9.17, 15) is 14.4 Å². The Morgan fingerprint density at radius 2 is 1.80 bits per heavy atom. The maximum Gasteiger partial charge on any atom is 0.343 e. The van der Waals surface area contributed by atoms with Crippen LogP contribution in [0.15, 0.2) is 40.2 Å². The number of pyridine rings is 3. The number of nitrogens with zero attached hydrogens (tertiary/aromatic N) is 4. The Labute approximate surface area is 170 Å². The van der Waals surface area contributed by atoms with E-state index in [0.29, 0.717) is 28.7 Å². The van der Waals surface area contributed by atoms with Crippen LogP contribution in [-0.4, -0.2) is 36.9 Å². The molecule has 0 atom stereocenters. The van der Waals surface area contributed by atoms with Crippen LogP contribution in [-0.2, 0) is 11.3 Å². The topological polar surface area (TPSA) is 112 Å². The summed E-state index contributed by atoms with van der Waals surface area (Å²) in [4.78, 5) is 42.9. The number of carbonyl (C=O) groups excluding carboxylic acids is 1. The smallest absolute Gasteiger partial charge is 0.343 e. The second-order valence-corrected chi connectivity index (χ2v) is 6.93. The lowest BCUT2D eigenvalue weighted by Gasteiger charge is -2.09. The molecule has 4 aromatic rings. The molecule has 0 saturated carbocycles. The largest absolute Gasteiger partial charge is 0.462 e. The van der Waals surface area contributed by atoms with E-state index >= 15 is 0 Å². The third-order valence-corrected chi connectivity index (χ3v) is 4.92. The molecule has 0 saturated heterocycles. The van der Waals surface area contributed by atoms with Crippen LogP contribution in [0, 0.1) is 6.92 Å². The molecule has 0 unspecified atom stereocenters. The molecule has 9 nitrogen and oxygen atoms in total. The summed E-state index contributed by atoms with van der Waals surface area (Å²) in [5.74, 6) is -0.417. The van der Waals surface area contributed by atoms with E-state index in [1.165, 1.54) is 10.8 Å². The van der Waals surface area contributed by atoms with E-state index in [2.05, 4.69) is 15.2 Å². The number of aromatic amines is 1. The lowest BCUT2D eigenvalue weighted by atomic mass is 10.2. The molecule has 0 aliphatic heterocycles. The minimum absolute atomic E-state index is 0.148. The molecule has 0 bridgehead atoms. The second kappa shape index (κ2) is 7.58. The van der Waals surface area contributed by atoms with E-state index in [1.54, 1.807) is 42.8 Å². The number of nitrogens with one attached hydrogen (secondary N) is 1. The highest BCUT2D eigenvalue weighted by molar-refractivity contribution is 5.95. The molecule has 0 radical (unpaired) electrons. The molecule has 0 aromatic carbocycles. The van der Waals surface area contributed by atoms with Crippen molar-refractivity contribution in [2.24, 2.45) is 0 Å². The molecule has 30 heavy (non-hydrogen) atoms. The van der Waals surface area contributed by atoms with Gasteiger partial charge in [-0.2, -0.15) is 5.10 Å². The highest BCUT2D eigenvalue weighted by Crippen LogP contribution is 2.19. The van der Waals surface area contributed by atoms with Crippen LogP contribution >= 0.6 is 0 Å². The van der Waals surface area contributed by atoms with Gasteiger partial charge in [-0.1, -0.05) is 6.92 Å². The SMILES string of the molecule is CCCn1ccc2nc3ccn(-c4n[nH]c(C)c4C(=O)OCC)c(=O)c3cc2c1=O. The Balaban J connectivity index is 1.96. The number of rotatable bonds is 5. The van der Waals surface area contributed by atoms with Gasteiger partial charge in [0.15, 0.2) is 5.82 Å². The molecule has 1 N–H and O–H groups in total. The first-order chi connectivity index (χ1) is 14.5. The fourth-order valence-corrected chi connectivity index (χ4v) is 3.49. The van der Waals surface area contributed by atoms with Crippen molar-refractivity contribution in [3.63, 3.8) is 0 Å². The first-order valence-corrected chi connectivity index (χ1v) is 9.74. The quantitative estimate of drug-likeness (QED) is 0.401. The predicted molar refractivity (Wildman–Crippen MR) is 112 cm³/mol. The van der Waals surface area contributed by atoms with E-state index in [0.717, 1.165) is 6.42 Å². The van der Waals surface area contributed by atoms with Crippen LogP contribution in [0.5, 0.6) is 0 Å². The van der Waals surface area contributed by atoms with Crippen molar-refractivity contribution in [1.82, 2.24) is 24.3 Å². The molecule has 4 aromatic heterocycles. The molecular weight excluding hydrogens is 386 g/mol. The second-order valence-electron chi connectivity index (χ2n) is 6.93. The van der Waals surface area contributed by atoms with Crippen molar-refractivity contribution in [3.05, 3.63) is 62.6 Å². The van der Waals surface area contributed by atoms with Gasteiger partial charge in [0.1, 0.15) is 5.56 Å². The number of aromatic nitrogens is 5. The van der Waals surface area contributed by atoms with Crippen LogP contribution in [0.1, 0.15) is 36.3 Å². The van der Waals surface area contributed by atoms with Crippen LogP contribution < -0.4 is 11.1 Å². The number of ether oxygens (including phenoxy) is 1. The third kappa shape index (κ3) is 3.08. The van der Waals surface area contributed by atoms with Crippen LogP contribution in [0.4, 0.5) is 0 Å². The van der Waals surface area contributed by atoms with Crippen LogP contribution in [0.2, 0.25) is 0 Å². The molecule has 0 fully saturated rings. The Kier molecular flexibility index (Phi) is 4.94. The summed E-state index contributed by atoms with van der Waals surface area (Å²) in [6.45, 7) is 6.16. The number of fused-ring (bicyclic) bond motifs is 2. The zero-order valence-electron chi connectivity index (χ0n) is 16.9. The number of H-pyrrole nitrogens is 1. The van der Waals surface area contributed by atoms with Gasteiger partial charge in [0, 0.05) is 24.6 Å². The van der Waals surface area contributed by atoms with Crippen molar-refractivity contribution in [3.8, 4) is 5.82 Å². The first kappa shape index (κ1) is 19.6. The van der Waals surface area contributed by atoms with E-state index in [4.69, 9.17) is 4.74 Å². The Bertz CT molecular complexity index is 1400. The summed E-state index contributed by atoms with van der Waals surface area (Å²) in [5, 5.41) is 7.50. The maximum absolute atomic E-state index is 13.2. The number of hydrogen-bond acceptors (Lipinski definition) is 6. The fraction of sp³-hybridized carbons (Fsp3) is 0.286. The van der Waals surface area contributed by atoms with Gasteiger partial charge in [0.2, 0.25) is 0 Å². The van der Waals surface area contributed by atoms with Gasteiger partial charge < -0.3 is 9.30 Å². The molecule has 4 heterocycles. The summed E-state index contributed by atoms with van der Waals surface area (Å²) in [6.07, 6.45) is 4.04. The zero-order valence-corrected chi connectivity index (χ0v) is 16.9. The van der Waals surface area contributed by atoms with Gasteiger partial charge in [-0.15, -0.1) is 0 Å². The number of carbonyl (C=O) groups is 1. The monoisotopic (exact) mass is 407 g/mol. The normalized spacial score (nSPS) is 11.3. The molecule has 0 spiro atoms. The maximum atomic E-state index is 13.2. The molecule has 0 amide bonds. The molecule has 4 rings (SSSR count). The third-order valence-electron chi connectivity index (χ3n) is 4.92. The molecule has 0 aliphatic rings. The summed E-state index contributed by atoms with van der Waals surface area (Å²) in [6, 6.07) is 4.99. The van der Waals surface area contributed by atoms with Gasteiger partial charge in [-0.3, -0.25) is 19.3 Å². The average Bonchev–Trinajstić information content (AvgIpc) is 3.11. The average molecular weight is 407 g/mol. The number of aryl methyl sites for hydroxylation is 2. The summed E-state index contributed by atoms with van der Waals surface area (Å²) >= 11 is 0. The number of hydrogen-bond donors (Lipinski definition) is 1. The van der Waals surface area contributed by atoms with E-state index in [-0.39, 0.29) is 28.9 Å². The standard InChI is InChI=1S/C21H21N5O4/c1-4-8-25-9-6-15-13(19(25)27)11-14-16(22-15)7-10-26(20(14)28)18-17(12(3)23-24-18)21(29)30-5-2/h6-7,9-11H,4-5,8H2,1-3H3,(H,23,24). The minimum atomic E-state index is -0.565. The summed E-state index contributed by atoms with van der Waals surface area (Å²) in [5.41, 5.74) is 1.05. The lowest BCUT2D eigenvalue weighted by Crippen LogP contribution is -2.23. The van der Waals surface area contributed by atoms with Crippen molar-refractivity contribution in [2.75, 3.05) is 6.61 Å². The Morgan fingerprint density at radius 3 is 2.50 bits per heavy atom. The van der Waals surface area contributed by atoms with Crippen molar-refractivity contribution in [2.45, 2.75) is 33.7 Å². The highest BCUT2D eigenvalue weighted by atomic mass is 16.5. The lowest BCUT2D eigenvalue weighted by molar-refractivity contribution is 0.0525. The fourth-order valence-electron chi connectivity index (χ4n) is 3.49. The van der Waals surface area contributed by atoms with E-state index < -0.39 is 11.5 Å². The highest BCUT2D eigenvalue weighted by Gasteiger charge is 2.22. The van der Waals surface area contributed by atoms with Gasteiger partial charge in [-0.25, -0.2) is 9.78 Å². The first-order valence-electron chi connectivity index (χ1n) is 9.74. The number of esters is 1. The van der Waals surface area contributed by atoms with Crippen molar-refractivity contribution in [1.29, 1.82) is 0 Å². The van der Waals surface area contributed by atoms with Crippen molar-refractivity contribution < 1.29 is 9.53 Å². The molecule has 9 heteroatoms. The Hall–Kier alpha value is -3.75. The summed E-state index contributed by atoms with van der Waals surface area (Å²) < 4.78 is 7.96. The van der Waals surface area contributed by atoms with Crippen LogP contribution in [0.25, 0.3) is 27.6 Å².